The Labute approximate surface area is 138 Å². The summed E-state index contributed by atoms with van der Waals surface area (Å²) in [4.78, 5) is 25.4. The molecule has 1 aromatic heterocycles. The highest BCUT2D eigenvalue weighted by molar-refractivity contribution is 7.17. The summed E-state index contributed by atoms with van der Waals surface area (Å²) < 4.78 is 6.48. The molecule has 2 atom stereocenters. The summed E-state index contributed by atoms with van der Waals surface area (Å²) in [5.41, 5.74) is 1.01. The average Bonchev–Trinajstić information content (AvgIpc) is 3.11. The number of carbonyl (C=O) groups excluding carboxylic acids is 1. The van der Waals surface area contributed by atoms with Crippen molar-refractivity contribution in [2.75, 3.05) is 13.7 Å². The molecule has 0 bridgehead atoms. The molecule has 6 heteroatoms. The second-order valence-corrected chi connectivity index (χ2v) is 6.74. The Kier molecular flexibility index (Phi) is 4.63. The number of nitrogens with zero attached hydrogens (tertiary/aromatic N) is 1. The zero-order valence-corrected chi connectivity index (χ0v) is 13.7. The van der Waals surface area contributed by atoms with Crippen molar-refractivity contribution in [1.29, 1.82) is 0 Å². The standard InChI is InChI=1S/C17H19NO4S/c1-22-13-7-12(8-17(20)21)18(9-13)16(19)6-11-10-23-15-5-3-2-4-14(11)15/h2-5,10,12-13H,6-9H2,1H3,(H,20,21). The fraction of sp³-hybridized carbons (Fsp3) is 0.412. The van der Waals surface area contributed by atoms with E-state index in [1.807, 2.05) is 29.6 Å². The predicted octanol–water partition coefficient (Wildman–Crippen LogP) is 2.53. The third-order valence-corrected chi connectivity index (χ3v) is 5.36. The van der Waals surface area contributed by atoms with Gasteiger partial charge >= 0.3 is 5.97 Å². The van der Waals surface area contributed by atoms with E-state index in [1.54, 1.807) is 23.3 Å². The molecule has 1 aliphatic heterocycles. The van der Waals surface area contributed by atoms with Crippen LogP contribution in [0, 0.1) is 0 Å². The maximum Gasteiger partial charge on any atom is 0.305 e. The summed E-state index contributed by atoms with van der Waals surface area (Å²) in [5, 5.41) is 12.2. The molecule has 23 heavy (non-hydrogen) atoms. The Hall–Kier alpha value is -1.92. The van der Waals surface area contributed by atoms with Gasteiger partial charge in [-0.1, -0.05) is 18.2 Å². The second-order valence-electron chi connectivity index (χ2n) is 5.83. The van der Waals surface area contributed by atoms with E-state index in [0.717, 1.165) is 15.6 Å². The Morgan fingerprint density at radius 2 is 2.17 bits per heavy atom. The number of carboxylic acid groups (broad SMARTS) is 1. The van der Waals surface area contributed by atoms with Crippen LogP contribution in [0.3, 0.4) is 0 Å². The molecule has 122 valence electrons. The molecule has 1 saturated heterocycles. The number of fused-ring (bicyclic) bond motifs is 1. The number of thiophene rings is 1. The van der Waals surface area contributed by atoms with Gasteiger partial charge in [-0.25, -0.2) is 0 Å². The monoisotopic (exact) mass is 333 g/mol. The van der Waals surface area contributed by atoms with E-state index in [9.17, 15) is 9.59 Å². The topological polar surface area (TPSA) is 66.8 Å². The average molecular weight is 333 g/mol. The summed E-state index contributed by atoms with van der Waals surface area (Å²) in [6.07, 6.45) is 0.772. The summed E-state index contributed by atoms with van der Waals surface area (Å²) in [5.74, 6) is -0.912. The lowest BCUT2D eigenvalue weighted by Crippen LogP contribution is -2.38. The molecule has 1 amide bonds. The van der Waals surface area contributed by atoms with Crippen molar-refractivity contribution in [3.63, 3.8) is 0 Å². The van der Waals surface area contributed by atoms with E-state index in [-0.39, 0.29) is 24.5 Å². The number of benzene rings is 1. The van der Waals surface area contributed by atoms with Gasteiger partial charge in [0.2, 0.25) is 5.91 Å². The van der Waals surface area contributed by atoms with Gasteiger partial charge in [0.05, 0.1) is 18.9 Å². The van der Waals surface area contributed by atoms with Crippen LogP contribution in [0.1, 0.15) is 18.4 Å². The quantitative estimate of drug-likeness (QED) is 0.913. The maximum atomic E-state index is 12.7. The molecule has 2 unspecified atom stereocenters. The number of carbonyl (C=O) groups is 2. The number of likely N-dealkylation sites (tertiary alicyclic amines) is 1. The van der Waals surface area contributed by atoms with E-state index in [2.05, 4.69) is 0 Å². The van der Waals surface area contributed by atoms with Crippen LogP contribution in [-0.4, -0.2) is 47.7 Å². The van der Waals surface area contributed by atoms with Gasteiger partial charge in [0, 0.05) is 24.4 Å². The van der Waals surface area contributed by atoms with Crippen LogP contribution in [0.15, 0.2) is 29.6 Å². The zero-order valence-electron chi connectivity index (χ0n) is 12.9. The Morgan fingerprint density at radius 3 is 2.91 bits per heavy atom. The molecule has 0 radical (unpaired) electrons. The van der Waals surface area contributed by atoms with Crippen molar-refractivity contribution in [1.82, 2.24) is 4.90 Å². The Balaban J connectivity index is 1.77. The fourth-order valence-electron chi connectivity index (χ4n) is 3.18. The van der Waals surface area contributed by atoms with Gasteiger partial charge in [-0.2, -0.15) is 0 Å². The molecular weight excluding hydrogens is 314 g/mol. The molecule has 1 N–H and O–H groups in total. The van der Waals surface area contributed by atoms with Crippen LogP contribution in [0.5, 0.6) is 0 Å². The SMILES string of the molecule is COC1CC(CC(=O)O)N(C(=O)Cc2csc3ccccc23)C1. The molecule has 1 aromatic carbocycles. The van der Waals surface area contributed by atoms with Gasteiger partial charge in [-0.3, -0.25) is 9.59 Å². The third-order valence-electron chi connectivity index (χ3n) is 4.34. The second kappa shape index (κ2) is 6.68. The lowest BCUT2D eigenvalue weighted by atomic mass is 10.1. The lowest BCUT2D eigenvalue weighted by Gasteiger charge is -2.23. The van der Waals surface area contributed by atoms with E-state index in [4.69, 9.17) is 9.84 Å². The molecule has 2 heterocycles. The van der Waals surface area contributed by atoms with Gasteiger partial charge in [0.15, 0.2) is 0 Å². The van der Waals surface area contributed by atoms with Crippen molar-refractivity contribution in [3.8, 4) is 0 Å². The number of ether oxygens (including phenoxy) is 1. The minimum absolute atomic E-state index is 0.0284. The van der Waals surface area contributed by atoms with Crippen LogP contribution >= 0.6 is 11.3 Å². The number of rotatable bonds is 5. The highest BCUT2D eigenvalue weighted by Gasteiger charge is 2.36. The first-order valence-electron chi connectivity index (χ1n) is 7.57. The predicted molar refractivity (Wildman–Crippen MR) is 88.7 cm³/mol. The molecule has 1 aliphatic rings. The van der Waals surface area contributed by atoms with Crippen LogP contribution in [0.2, 0.25) is 0 Å². The van der Waals surface area contributed by atoms with Gasteiger partial charge in [-0.05, 0) is 28.8 Å². The lowest BCUT2D eigenvalue weighted by molar-refractivity contribution is -0.139. The number of hydrogen-bond donors (Lipinski definition) is 1. The molecule has 1 fully saturated rings. The minimum Gasteiger partial charge on any atom is -0.481 e. The van der Waals surface area contributed by atoms with Crippen molar-refractivity contribution in [2.24, 2.45) is 0 Å². The number of hydrogen-bond acceptors (Lipinski definition) is 4. The minimum atomic E-state index is -0.884. The van der Waals surface area contributed by atoms with Crippen molar-refractivity contribution in [2.45, 2.75) is 31.4 Å². The first-order valence-corrected chi connectivity index (χ1v) is 8.45. The number of aliphatic carboxylic acids is 1. The zero-order chi connectivity index (χ0) is 16.4. The number of methoxy groups -OCH3 is 1. The molecule has 3 rings (SSSR count). The largest absolute Gasteiger partial charge is 0.481 e. The van der Waals surface area contributed by atoms with Gasteiger partial charge in [-0.15, -0.1) is 11.3 Å². The van der Waals surface area contributed by atoms with E-state index < -0.39 is 5.97 Å². The van der Waals surface area contributed by atoms with E-state index in [0.29, 0.717) is 19.4 Å². The molecule has 0 aliphatic carbocycles. The maximum absolute atomic E-state index is 12.7. The molecule has 5 nitrogen and oxygen atoms in total. The van der Waals surface area contributed by atoms with Crippen LogP contribution in [-0.2, 0) is 20.7 Å². The Morgan fingerprint density at radius 1 is 1.39 bits per heavy atom. The highest BCUT2D eigenvalue weighted by atomic mass is 32.1. The number of carboxylic acids is 1. The van der Waals surface area contributed by atoms with Crippen molar-refractivity contribution in [3.05, 3.63) is 35.2 Å². The first-order chi connectivity index (χ1) is 11.1. The summed E-state index contributed by atoms with van der Waals surface area (Å²) in [7, 11) is 1.60. The summed E-state index contributed by atoms with van der Waals surface area (Å²) in [6, 6.07) is 7.72. The Bertz CT molecular complexity index is 726. The van der Waals surface area contributed by atoms with E-state index in [1.165, 1.54) is 0 Å². The molecular formula is C17H19NO4S. The molecule has 0 saturated carbocycles. The van der Waals surface area contributed by atoms with Crippen molar-refractivity contribution < 1.29 is 19.4 Å². The fourth-order valence-corrected chi connectivity index (χ4v) is 4.14. The molecule has 0 spiro atoms. The first kappa shape index (κ1) is 16.0. The summed E-state index contributed by atoms with van der Waals surface area (Å²) in [6.45, 7) is 0.468. The third kappa shape index (κ3) is 3.38. The van der Waals surface area contributed by atoms with Crippen LogP contribution in [0.25, 0.3) is 10.1 Å². The smallest absolute Gasteiger partial charge is 0.305 e. The van der Waals surface area contributed by atoms with Gasteiger partial charge < -0.3 is 14.7 Å². The van der Waals surface area contributed by atoms with Gasteiger partial charge in [0.1, 0.15) is 0 Å². The number of amides is 1. The summed E-state index contributed by atoms with van der Waals surface area (Å²) >= 11 is 1.63. The molecule has 2 aromatic rings. The highest BCUT2D eigenvalue weighted by Crippen LogP contribution is 2.28. The van der Waals surface area contributed by atoms with Gasteiger partial charge in [0.25, 0.3) is 0 Å². The van der Waals surface area contributed by atoms with E-state index >= 15 is 0 Å². The van der Waals surface area contributed by atoms with Crippen molar-refractivity contribution >= 4 is 33.3 Å². The van der Waals surface area contributed by atoms with Crippen LogP contribution < -0.4 is 0 Å². The normalized spacial score (nSPS) is 21.0. The van der Waals surface area contributed by atoms with Crippen LogP contribution in [0.4, 0.5) is 0 Å².